The Kier molecular flexibility index (Phi) is 11.3. The summed E-state index contributed by atoms with van der Waals surface area (Å²) >= 11 is 0. The van der Waals surface area contributed by atoms with Crippen LogP contribution in [0.15, 0.2) is 42.5 Å². The van der Waals surface area contributed by atoms with Gasteiger partial charge in [0.05, 0.1) is 0 Å². The molecule has 2 aromatic rings. The van der Waals surface area contributed by atoms with Crippen LogP contribution in [0.4, 0.5) is 10.1 Å². The lowest BCUT2D eigenvalue weighted by atomic mass is 9.94. The maximum atomic E-state index is 13.5. The van der Waals surface area contributed by atoms with Gasteiger partial charge in [-0.3, -0.25) is 9.59 Å². The van der Waals surface area contributed by atoms with Gasteiger partial charge in [0.1, 0.15) is 5.82 Å². The summed E-state index contributed by atoms with van der Waals surface area (Å²) in [6.45, 7) is 15.7. The second kappa shape index (κ2) is 14.4. The summed E-state index contributed by atoms with van der Waals surface area (Å²) in [5.74, 6) is 1.03. The van der Waals surface area contributed by atoms with Crippen molar-refractivity contribution in [2.45, 2.75) is 66.7 Å². The minimum atomic E-state index is -0.171. The zero-order chi connectivity index (χ0) is 27.7. The summed E-state index contributed by atoms with van der Waals surface area (Å²) in [4.78, 5) is 31.6. The van der Waals surface area contributed by atoms with Gasteiger partial charge in [0.2, 0.25) is 11.8 Å². The molecule has 6 heteroatoms. The normalized spacial score (nSPS) is 17.1. The van der Waals surface area contributed by atoms with Gasteiger partial charge in [-0.05, 0) is 114 Å². The Morgan fingerprint density at radius 2 is 1.53 bits per heavy atom. The first-order valence-electron chi connectivity index (χ1n) is 14.2. The average molecular weight is 524 g/mol. The molecule has 4 rings (SSSR count). The highest BCUT2D eigenvalue weighted by atomic mass is 19.1. The molecule has 0 spiro atoms. The number of piperidine rings is 2. The molecule has 0 atom stereocenters. The van der Waals surface area contributed by atoms with Crippen LogP contribution in [0.2, 0.25) is 0 Å². The first-order valence-corrected chi connectivity index (χ1v) is 14.2. The topological polar surface area (TPSA) is 43.9 Å². The van der Waals surface area contributed by atoms with Crippen molar-refractivity contribution in [1.82, 2.24) is 9.80 Å². The second-order valence-electron chi connectivity index (χ2n) is 11.2. The molecule has 0 aromatic heterocycles. The molecule has 0 radical (unpaired) electrons. The number of nitrogens with zero attached hydrogens (tertiary/aromatic N) is 3. The number of hydrogen-bond donors (Lipinski definition) is 0. The van der Waals surface area contributed by atoms with Crippen molar-refractivity contribution in [3.63, 3.8) is 0 Å². The van der Waals surface area contributed by atoms with Crippen LogP contribution in [0.25, 0.3) is 0 Å². The van der Waals surface area contributed by atoms with Crippen LogP contribution in [0.5, 0.6) is 0 Å². The number of amides is 2. The molecule has 0 unspecified atom stereocenters. The Balaban J connectivity index is 0.000000427. The van der Waals surface area contributed by atoms with Gasteiger partial charge in [0, 0.05) is 38.2 Å². The summed E-state index contributed by atoms with van der Waals surface area (Å²) in [5, 5.41) is 0. The Hall–Kier alpha value is -2.73. The third-order valence-electron chi connectivity index (χ3n) is 8.10. The smallest absolute Gasteiger partial charge is 0.230 e. The van der Waals surface area contributed by atoms with Gasteiger partial charge in [0.15, 0.2) is 0 Å². The van der Waals surface area contributed by atoms with Gasteiger partial charge in [0.25, 0.3) is 0 Å². The summed E-state index contributed by atoms with van der Waals surface area (Å²) in [6, 6.07) is 12.8. The van der Waals surface area contributed by atoms with Crippen LogP contribution in [-0.4, -0.2) is 60.9 Å². The van der Waals surface area contributed by atoms with E-state index in [-0.39, 0.29) is 23.5 Å². The van der Waals surface area contributed by atoms with E-state index in [9.17, 15) is 14.0 Å². The van der Waals surface area contributed by atoms with Crippen LogP contribution >= 0.6 is 0 Å². The SMILES string of the molecule is CC(=O)N1CCC(C(=O)N(CCCN2CCC(C)CC2)c2ccc(C)c(C)c2)CC1.Cc1ccc(F)cc1. The summed E-state index contributed by atoms with van der Waals surface area (Å²) in [5.41, 5.74) is 4.58. The van der Waals surface area contributed by atoms with Crippen LogP contribution in [-0.2, 0) is 9.59 Å². The van der Waals surface area contributed by atoms with E-state index >= 15 is 0 Å². The van der Waals surface area contributed by atoms with Crippen molar-refractivity contribution >= 4 is 17.5 Å². The third kappa shape index (κ3) is 8.93. The Morgan fingerprint density at radius 1 is 0.895 bits per heavy atom. The second-order valence-corrected chi connectivity index (χ2v) is 11.2. The number of anilines is 1. The van der Waals surface area contributed by atoms with Gasteiger partial charge in [-0.25, -0.2) is 4.39 Å². The maximum absolute atomic E-state index is 13.5. The molecule has 0 saturated carbocycles. The third-order valence-corrected chi connectivity index (χ3v) is 8.10. The predicted octanol–water partition coefficient (Wildman–Crippen LogP) is 6.15. The first kappa shape index (κ1) is 29.8. The zero-order valence-electron chi connectivity index (χ0n) is 24.0. The van der Waals surface area contributed by atoms with Crippen molar-refractivity contribution in [2.75, 3.05) is 44.2 Å². The number of benzene rings is 2. The summed E-state index contributed by atoms with van der Waals surface area (Å²) in [7, 11) is 0. The highest BCUT2D eigenvalue weighted by molar-refractivity contribution is 5.95. The van der Waals surface area contributed by atoms with E-state index in [1.54, 1.807) is 19.1 Å². The van der Waals surface area contributed by atoms with E-state index in [1.165, 1.54) is 49.2 Å². The quantitative estimate of drug-likeness (QED) is 0.456. The predicted molar refractivity (Wildman–Crippen MR) is 154 cm³/mol. The van der Waals surface area contributed by atoms with Crippen molar-refractivity contribution in [3.05, 3.63) is 65.0 Å². The van der Waals surface area contributed by atoms with Gasteiger partial charge in [-0.15, -0.1) is 0 Å². The Labute approximate surface area is 229 Å². The Morgan fingerprint density at radius 3 is 2.08 bits per heavy atom. The molecule has 2 fully saturated rings. The van der Waals surface area contributed by atoms with Gasteiger partial charge in [-0.2, -0.15) is 0 Å². The summed E-state index contributed by atoms with van der Waals surface area (Å²) < 4.78 is 12.1. The van der Waals surface area contributed by atoms with Gasteiger partial charge in [-0.1, -0.05) is 30.7 Å². The molecular formula is C32H46FN3O2. The zero-order valence-corrected chi connectivity index (χ0v) is 24.0. The number of likely N-dealkylation sites (tertiary alicyclic amines) is 2. The van der Waals surface area contributed by atoms with E-state index in [4.69, 9.17) is 0 Å². The fourth-order valence-electron chi connectivity index (χ4n) is 5.19. The number of carbonyl (C=O) groups is 2. The molecule has 2 aliphatic heterocycles. The molecule has 2 aliphatic rings. The van der Waals surface area contributed by atoms with Crippen molar-refractivity contribution in [2.24, 2.45) is 11.8 Å². The fraction of sp³-hybridized carbons (Fsp3) is 0.562. The van der Waals surface area contributed by atoms with E-state index < -0.39 is 0 Å². The van der Waals surface area contributed by atoms with Crippen LogP contribution in [0, 0.1) is 38.4 Å². The molecule has 38 heavy (non-hydrogen) atoms. The monoisotopic (exact) mass is 523 g/mol. The standard InChI is InChI=1S/C25H39N3O2.C7H7F/c1-19-8-14-26(15-9-19)12-5-13-28(24-7-6-20(2)21(3)18-24)25(30)23-10-16-27(17-11-23)22(4)29;1-6-2-4-7(8)5-3-6/h6-7,18-19,23H,5,8-17H2,1-4H3;2-5H,1H3. The minimum Gasteiger partial charge on any atom is -0.343 e. The number of hydrogen-bond acceptors (Lipinski definition) is 3. The number of carbonyl (C=O) groups excluding carboxylic acids is 2. The van der Waals surface area contributed by atoms with Crippen molar-refractivity contribution < 1.29 is 14.0 Å². The molecular weight excluding hydrogens is 477 g/mol. The molecule has 2 heterocycles. The van der Waals surface area contributed by atoms with Gasteiger partial charge >= 0.3 is 0 Å². The maximum Gasteiger partial charge on any atom is 0.230 e. The molecule has 2 amide bonds. The fourth-order valence-corrected chi connectivity index (χ4v) is 5.19. The lowest BCUT2D eigenvalue weighted by Crippen LogP contribution is -2.45. The van der Waals surface area contributed by atoms with E-state index in [1.807, 2.05) is 16.7 Å². The average Bonchev–Trinajstić information content (AvgIpc) is 2.91. The van der Waals surface area contributed by atoms with Crippen LogP contribution in [0.3, 0.4) is 0 Å². The molecule has 0 bridgehead atoms. The Bertz CT molecular complexity index is 1020. The number of rotatable bonds is 6. The van der Waals surface area contributed by atoms with Crippen molar-refractivity contribution in [1.29, 1.82) is 0 Å². The number of halogens is 1. The number of aryl methyl sites for hydroxylation is 3. The molecule has 5 nitrogen and oxygen atoms in total. The largest absolute Gasteiger partial charge is 0.343 e. The van der Waals surface area contributed by atoms with E-state index in [0.717, 1.165) is 49.5 Å². The summed E-state index contributed by atoms with van der Waals surface area (Å²) in [6.07, 6.45) is 5.11. The van der Waals surface area contributed by atoms with Crippen LogP contribution in [0.1, 0.15) is 62.6 Å². The van der Waals surface area contributed by atoms with Gasteiger partial charge < -0.3 is 14.7 Å². The molecule has 2 saturated heterocycles. The molecule has 0 aliphatic carbocycles. The highest BCUT2D eigenvalue weighted by Crippen LogP contribution is 2.26. The lowest BCUT2D eigenvalue weighted by Gasteiger charge is -2.35. The van der Waals surface area contributed by atoms with E-state index in [0.29, 0.717) is 13.1 Å². The first-order chi connectivity index (χ1) is 18.1. The van der Waals surface area contributed by atoms with Crippen LogP contribution < -0.4 is 4.90 Å². The van der Waals surface area contributed by atoms with E-state index in [2.05, 4.69) is 43.9 Å². The highest BCUT2D eigenvalue weighted by Gasteiger charge is 2.30. The lowest BCUT2D eigenvalue weighted by molar-refractivity contribution is -0.133. The minimum absolute atomic E-state index is 0.0121. The van der Waals surface area contributed by atoms with Crippen molar-refractivity contribution in [3.8, 4) is 0 Å². The molecule has 2 aromatic carbocycles. The molecule has 0 N–H and O–H groups in total. The molecule has 208 valence electrons.